The topological polar surface area (TPSA) is 154 Å². The highest BCUT2D eigenvalue weighted by molar-refractivity contribution is 5.94. The van der Waals surface area contributed by atoms with E-state index in [4.69, 9.17) is 5.11 Å². The molecule has 0 bridgehead atoms. The summed E-state index contributed by atoms with van der Waals surface area (Å²) in [6.07, 6.45) is 0.260. The molecule has 5 N–H and O–H groups in total. The van der Waals surface area contributed by atoms with Gasteiger partial charge in [-0.3, -0.25) is 14.4 Å². The number of nitrogens with one attached hydrogen (secondary N) is 4. The zero-order chi connectivity index (χ0) is 22.4. The summed E-state index contributed by atoms with van der Waals surface area (Å²) >= 11 is 0. The average molecular weight is 412 g/mol. The van der Waals surface area contributed by atoms with Crippen LogP contribution in [-0.4, -0.2) is 59.4 Å². The third-order valence-electron chi connectivity index (χ3n) is 4.62. The van der Waals surface area contributed by atoms with Crippen LogP contribution in [0, 0.1) is 11.3 Å². The van der Waals surface area contributed by atoms with Crippen LogP contribution in [0.2, 0.25) is 0 Å². The van der Waals surface area contributed by atoms with E-state index in [-0.39, 0.29) is 30.1 Å². The Labute approximate surface area is 170 Å². The number of hydrogen-bond donors (Lipinski definition) is 5. The Morgan fingerprint density at radius 3 is 2.28 bits per heavy atom. The van der Waals surface area contributed by atoms with Gasteiger partial charge in [0.25, 0.3) is 0 Å². The van der Waals surface area contributed by atoms with E-state index in [1.165, 1.54) is 13.8 Å². The molecule has 1 rings (SSSR count). The molecule has 3 atom stereocenters. The van der Waals surface area contributed by atoms with Crippen molar-refractivity contribution in [3.8, 4) is 0 Å². The zero-order valence-electron chi connectivity index (χ0n) is 17.6. The van der Waals surface area contributed by atoms with E-state index >= 15 is 0 Å². The Bertz CT molecular complexity index is 656. The van der Waals surface area contributed by atoms with E-state index in [2.05, 4.69) is 21.3 Å². The first-order valence-electron chi connectivity index (χ1n) is 9.60. The molecule has 1 aliphatic rings. The Morgan fingerprint density at radius 1 is 1.21 bits per heavy atom. The maximum atomic E-state index is 12.8. The lowest BCUT2D eigenvalue weighted by molar-refractivity contribution is -0.133. The number of carboxylic acid groups (broad SMARTS) is 1. The highest BCUT2D eigenvalue weighted by Crippen LogP contribution is 2.22. The maximum Gasteiger partial charge on any atom is 0.405 e. The molecule has 4 amide bonds. The van der Waals surface area contributed by atoms with Crippen LogP contribution in [0.1, 0.15) is 53.9 Å². The predicted octanol–water partition coefficient (Wildman–Crippen LogP) is 0.164. The van der Waals surface area contributed by atoms with Gasteiger partial charge in [-0.15, -0.1) is 0 Å². The monoisotopic (exact) mass is 412 g/mol. The molecule has 0 unspecified atom stereocenters. The second-order valence-electron chi connectivity index (χ2n) is 9.11. The largest absolute Gasteiger partial charge is 0.465 e. The van der Waals surface area contributed by atoms with E-state index < -0.39 is 35.5 Å². The maximum absolute atomic E-state index is 12.8. The number of amides is 4. The van der Waals surface area contributed by atoms with Crippen LogP contribution in [0.25, 0.3) is 0 Å². The van der Waals surface area contributed by atoms with Gasteiger partial charge in [0.15, 0.2) is 0 Å². The minimum Gasteiger partial charge on any atom is -0.465 e. The van der Waals surface area contributed by atoms with Gasteiger partial charge in [0.2, 0.25) is 17.7 Å². The molecule has 1 heterocycles. The summed E-state index contributed by atoms with van der Waals surface area (Å²) in [6, 6.07) is -1.84. The number of aldehydes is 1. The molecule has 0 aromatic carbocycles. The Balaban J connectivity index is 2.87. The lowest BCUT2D eigenvalue weighted by Gasteiger charge is -2.31. The van der Waals surface area contributed by atoms with Gasteiger partial charge in [0, 0.05) is 12.5 Å². The first kappa shape index (κ1) is 24.4. The number of rotatable bonds is 9. The van der Waals surface area contributed by atoms with Gasteiger partial charge >= 0.3 is 6.09 Å². The summed E-state index contributed by atoms with van der Waals surface area (Å²) in [5.74, 6) is -1.72. The fourth-order valence-electron chi connectivity index (χ4n) is 3.09. The molecule has 0 aromatic heterocycles. The minimum absolute atomic E-state index is 0.146. The lowest BCUT2D eigenvalue weighted by Crippen LogP contribution is -2.60. The molecule has 10 heteroatoms. The first-order chi connectivity index (χ1) is 13.2. The van der Waals surface area contributed by atoms with Crippen LogP contribution >= 0.6 is 0 Å². The van der Waals surface area contributed by atoms with Crippen molar-refractivity contribution < 1.29 is 29.1 Å². The molecule has 0 saturated carbocycles. The van der Waals surface area contributed by atoms with E-state index in [9.17, 15) is 24.0 Å². The molecule has 0 radical (unpaired) electrons. The molecule has 0 spiro atoms. The van der Waals surface area contributed by atoms with Gasteiger partial charge in [-0.05, 0) is 38.5 Å². The summed E-state index contributed by atoms with van der Waals surface area (Å²) in [6.45, 7) is 8.97. The molecule has 29 heavy (non-hydrogen) atoms. The highest BCUT2D eigenvalue weighted by Gasteiger charge is 2.35. The van der Waals surface area contributed by atoms with Crippen molar-refractivity contribution in [3.05, 3.63) is 0 Å². The molecule has 10 nitrogen and oxygen atoms in total. The van der Waals surface area contributed by atoms with Crippen LogP contribution < -0.4 is 21.3 Å². The number of hydrogen-bond acceptors (Lipinski definition) is 5. The van der Waals surface area contributed by atoms with Gasteiger partial charge in [0.05, 0.1) is 6.04 Å². The summed E-state index contributed by atoms with van der Waals surface area (Å²) < 4.78 is 0. The van der Waals surface area contributed by atoms with Crippen LogP contribution in [0.5, 0.6) is 0 Å². The molecular formula is C19H32N4O6. The van der Waals surface area contributed by atoms with Gasteiger partial charge < -0.3 is 31.2 Å². The number of carbonyl (C=O) groups is 5. The summed E-state index contributed by atoms with van der Waals surface area (Å²) in [7, 11) is 0. The van der Waals surface area contributed by atoms with Crippen molar-refractivity contribution in [1.29, 1.82) is 0 Å². The summed E-state index contributed by atoms with van der Waals surface area (Å²) in [5, 5.41) is 18.9. The summed E-state index contributed by atoms with van der Waals surface area (Å²) in [5.41, 5.74) is -1.78. The SMILES string of the molecule is CC(C)(C)C[C@H](NC(=O)C(C)(C)NC(=O)O)C(=O)N[C@H](C=O)C[C@@H]1CCNC1=O. The van der Waals surface area contributed by atoms with Gasteiger partial charge in [-0.2, -0.15) is 0 Å². The van der Waals surface area contributed by atoms with Crippen molar-refractivity contribution in [2.45, 2.75) is 71.5 Å². The smallest absolute Gasteiger partial charge is 0.405 e. The molecule has 1 fully saturated rings. The van der Waals surface area contributed by atoms with Crippen LogP contribution in [-0.2, 0) is 19.2 Å². The molecule has 0 aliphatic carbocycles. The van der Waals surface area contributed by atoms with Crippen molar-refractivity contribution in [2.75, 3.05) is 6.54 Å². The number of carbonyl (C=O) groups excluding carboxylic acids is 4. The zero-order valence-corrected chi connectivity index (χ0v) is 17.6. The van der Waals surface area contributed by atoms with Gasteiger partial charge in [-0.1, -0.05) is 20.8 Å². The molecular weight excluding hydrogens is 380 g/mol. The quantitative estimate of drug-likeness (QED) is 0.340. The van der Waals surface area contributed by atoms with E-state index in [0.717, 1.165) is 0 Å². The van der Waals surface area contributed by atoms with Gasteiger partial charge in [0.1, 0.15) is 17.9 Å². The Morgan fingerprint density at radius 2 is 1.83 bits per heavy atom. The van der Waals surface area contributed by atoms with Gasteiger partial charge in [-0.25, -0.2) is 4.79 Å². The van der Waals surface area contributed by atoms with Crippen molar-refractivity contribution in [2.24, 2.45) is 11.3 Å². The fraction of sp³-hybridized carbons (Fsp3) is 0.737. The standard InChI is InChI=1S/C19H32N4O6/c1-18(2,3)9-13(22-16(27)19(4,5)23-17(28)29)15(26)21-12(10-24)8-11-6-7-20-14(11)25/h10-13,23H,6-9H2,1-5H3,(H,20,25)(H,21,26)(H,22,27)(H,28,29)/t11-,12-,13-/m0/s1. The Hall–Kier alpha value is -2.65. The average Bonchev–Trinajstić information content (AvgIpc) is 2.95. The molecule has 0 aromatic rings. The van der Waals surface area contributed by atoms with E-state index in [0.29, 0.717) is 19.3 Å². The lowest BCUT2D eigenvalue weighted by atomic mass is 9.87. The second-order valence-corrected chi connectivity index (χ2v) is 9.11. The van der Waals surface area contributed by atoms with Crippen molar-refractivity contribution >= 4 is 30.1 Å². The fourth-order valence-corrected chi connectivity index (χ4v) is 3.09. The second kappa shape index (κ2) is 9.71. The predicted molar refractivity (Wildman–Crippen MR) is 105 cm³/mol. The molecule has 164 valence electrons. The van der Waals surface area contributed by atoms with E-state index in [1.54, 1.807) is 0 Å². The molecule has 1 aliphatic heterocycles. The van der Waals surface area contributed by atoms with Crippen LogP contribution in [0.15, 0.2) is 0 Å². The van der Waals surface area contributed by atoms with Crippen molar-refractivity contribution in [1.82, 2.24) is 21.3 Å². The molecule has 1 saturated heterocycles. The van der Waals surface area contributed by atoms with Crippen molar-refractivity contribution in [3.63, 3.8) is 0 Å². The minimum atomic E-state index is -1.45. The highest BCUT2D eigenvalue weighted by atomic mass is 16.4. The Kier molecular flexibility index (Phi) is 8.16. The third kappa shape index (κ3) is 8.08. The third-order valence-corrected chi connectivity index (χ3v) is 4.62. The van der Waals surface area contributed by atoms with Crippen LogP contribution in [0.4, 0.5) is 4.79 Å². The summed E-state index contributed by atoms with van der Waals surface area (Å²) in [4.78, 5) is 59.4. The van der Waals surface area contributed by atoms with Crippen LogP contribution in [0.3, 0.4) is 0 Å². The normalized spacial score (nSPS) is 18.9. The first-order valence-corrected chi connectivity index (χ1v) is 9.60. The van der Waals surface area contributed by atoms with E-state index in [1.807, 2.05) is 20.8 Å².